The smallest absolute Gasteiger partial charge is 0.411 e. The maximum atomic E-state index is 11.0. The number of nitrogens with one attached hydrogen (secondary N) is 1. The monoisotopic (exact) mass is 175 g/mol. The molecule has 70 valence electrons. The molecule has 0 spiro atoms. The number of hydrogen-bond donors (Lipinski definition) is 2. The molecule has 2 N–H and O–H groups in total. The Hall–Kier alpha value is -1.10. The molecule has 0 unspecified atom stereocenters. The summed E-state index contributed by atoms with van der Waals surface area (Å²) in [5.74, 6) is -0.656. The maximum Gasteiger partial charge on any atom is 0.411 e. The average Bonchev–Trinajstić information content (AvgIpc) is 1.85. The summed E-state index contributed by atoms with van der Waals surface area (Å²) in [5.41, 5.74) is -1.09. The van der Waals surface area contributed by atoms with E-state index >= 15 is 0 Å². The van der Waals surface area contributed by atoms with Crippen LogP contribution in [0.4, 0.5) is 4.79 Å². The van der Waals surface area contributed by atoms with Crippen LogP contribution in [0.15, 0.2) is 0 Å². The van der Waals surface area contributed by atoms with E-state index in [-0.39, 0.29) is 0 Å². The fourth-order valence-electron chi connectivity index (χ4n) is 0.674. The van der Waals surface area contributed by atoms with Crippen molar-refractivity contribution in [2.75, 3.05) is 6.61 Å². The molecule has 0 aliphatic heterocycles. The summed E-state index contributed by atoms with van der Waals surface area (Å²) in [5, 5.41) is 9.95. The van der Waals surface area contributed by atoms with Crippen molar-refractivity contribution in [2.45, 2.75) is 26.4 Å². The van der Waals surface area contributed by atoms with Crippen LogP contribution in [0.5, 0.6) is 0 Å². The summed E-state index contributed by atoms with van der Waals surface area (Å²) < 4.78 is 5.02. The first-order valence-electron chi connectivity index (χ1n) is 3.58. The quantitative estimate of drug-likeness (QED) is 0.658. The Kier molecular flexibility index (Phi) is 3.69. The Morgan fingerprint density at radius 2 is 2.00 bits per heavy atom. The van der Waals surface area contributed by atoms with Crippen LogP contribution < -0.4 is 5.32 Å². The van der Waals surface area contributed by atoms with Gasteiger partial charge < -0.3 is 9.84 Å². The zero-order valence-corrected chi connectivity index (χ0v) is 7.38. The Morgan fingerprint density at radius 3 is 2.33 bits per heavy atom. The molecule has 5 heteroatoms. The first-order valence-corrected chi connectivity index (χ1v) is 3.58. The Bertz CT molecular complexity index is 188. The summed E-state index contributed by atoms with van der Waals surface area (Å²) in [4.78, 5) is 21.1. The average molecular weight is 175 g/mol. The zero-order chi connectivity index (χ0) is 9.78. The van der Waals surface area contributed by atoms with E-state index in [4.69, 9.17) is 9.84 Å². The Labute approximate surface area is 70.7 Å². The van der Waals surface area contributed by atoms with Crippen molar-refractivity contribution in [1.29, 1.82) is 0 Å². The first-order chi connectivity index (χ1) is 5.40. The predicted octanol–water partition coefficient (Wildman–Crippen LogP) is 0.596. The number of hydrogen-bond acceptors (Lipinski definition) is 3. The molecule has 0 aromatic rings. The third kappa shape index (κ3) is 3.34. The van der Waals surface area contributed by atoms with E-state index < -0.39 is 17.6 Å². The van der Waals surface area contributed by atoms with Crippen molar-refractivity contribution < 1.29 is 19.4 Å². The molecule has 0 aliphatic rings. The fourth-order valence-corrected chi connectivity index (χ4v) is 0.674. The van der Waals surface area contributed by atoms with Crippen LogP contribution in [0.3, 0.4) is 0 Å². The first kappa shape index (κ1) is 10.9. The molecule has 0 saturated heterocycles. The topological polar surface area (TPSA) is 75.6 Å². The van der Waals surface area contributed by atoms with Crippen molar-refractivity contribution in [2.24, 2.45) is 0 Å². The Balaban J connectivity index is 4.15. The molecule has 0 fully saturated rings. The van der Waals surface area contributed by atoms with Gasteiger partial charge in [0, 0.05) is 6.61 Å². The summed E-state index contributed by atoms with van der Waals surface area (Å²) in [7, 11) is 0. The standard InChI is InChI=1S/C7H13NO4/c1-4-12-7(2,3)5(9)8-6(10)11/h4H2,1-3H3,(H,8,9)(H,10,11). The number of carbonyl (C=O) groups excluding carboxylic acids is 1. The number of imide groups is 1. The van der Waals surface area contributed by atoms with Gasteiger partial charge in [-0.25, -0.2) is 4.79 Å². The summed E-state index contributed by atoms with van der Waals surface area (Å²) in [6.07, 6.45) is -1.37. The lowest BCUT2D eigenvalue weighted by atomic mass is 10.1. The van der Waals surface area contributed by atoms with Crippen LogP contribution in [0.25, 0.3) is 0 Å². The van der Waals surface area contributed by atoms with E-state index in [0.29, 0.717) is 6.61 Å². The van der Waals surface area contributed by atoms with Crippen LogP contribution in [0.1, 0.15) is 20.8 Å². The molecule has 0 bridgehead atoms. The van der Waals surface area contributed by atoms with Gasteiger partial charge in [0.1, 0.15) is 5.60 Å². The highest BCUT2D eigenvalue weighted by Gasteiger charge is 2.29. The summed E-state index contributed by atoms with van der Waals surface area (Å²) in [6, 6.07) is 0. The van der Waals surface area contributed by atoms with Crippen LogP contribution in [-0.4, -0.2) is 29.3 Å². The molecule has 0 aliphatic carbocycles. The second-order valence-electron chi connectivity index (χ2n) is 2.70. The lowest BCUT2D eigenvalue weighted by molar-refractivity contribution is -0.141. The highest BCUT2D eigenvalue weighted by Crippen LogP contribution is 2.08. The maximum absolute atomic E-state index is 11.0. The number of amides is 2. The van der Waals surface area contributed by atoms with Crippen molar-refractivity contribution in [1.82, 2.24) is 5.32 Å². The highest BCUT2D eigenvalue weighted by molar-refractivity contribution is 5.95. The van der Waals surface area contributed by atoms with E-state index in [9.17, 15) is 9.59 Å². The van der Waals surface area contributed by atoms with Crippen LogP contribution in [-0.2, 0) is 9.53 Å². The lowest BCUT2D eigenvalue weighted by Crippen LogP contribution is -2.46. The van der Waals surface area contributed by atoms with Gasteiger partial charge in [0.25, 0.3) is 5.91 Å². The van der Waals surface area contributed by atoms with Crippen molar-refractivity contribution in [3.63, 3.8) is 0 Å². The van der Waals surface area contributed by atoms with Gasteiger partial charge in [0.2, 0.25) is 0 Å². The minimum Gasteiger partial charge on any atom is -0.465 e. The second-order valence-corrected chi connectivity index (χ2v) is 2.70. The van der Waals surface area contributed by atoms with Gasteiger partial charge in [-0.1, -0.05) is 0 Å². The third-order valence-electron chi connectivity index (χ3n) is 1.27. The fraction of sp³-hybridized carbons (Fsp3) is 0.714. The largest absolute Gasteiger partial charge is 0.465 e. The number of carbonyl (C=O) groups is 2. The molecular weight excluding hydrogens is 162 g/mol. The van der Waals surface area contributed by atoms with E-state index in [0.717, 1.165) is 0 Å². The van der Waals surface area contributed by atoms with E-state index in [1.807, 2.05) is 0 Å². The second kappa shape index (κ2) is 4.06. The van der Waals surface area contributed by atoms with E-state index in [2.05, 4.69) is 0 Å². The van der Waals surface area contributed by atoms with Crippen LogP contribution in [0.2, 0.25) is 0 Å². The molecule has 0 heterocycles. The van der Waals surface area contributed by atoms with E-state index in [1.165, 1.54) is 13.8 Å². The normalized spacial score (nSPS) is 10.9. The lowest BCUT2D eigenvalue weighted by Gasteiger charge is -2.21. The van der Waals surface area contributed by atoms with Crippen molar-refractivity contribution in [3.8, 4) is 0 Å². The number of rotatable bonds is 3. The van der Waals surface area contributed by atoms with Crippen molar-refractivity contribution in [3.05, 3.63) is 0 Å². The molecule has 12 heavy (non-hydrogen) atoms. The van der Waals surface area contributed by atoms with Gasteiger partial charge in [-0.2, -0.15) is 0 Å². The zero-order valence-electron chi connectivity index (χ0n) is 7.38. The van der Waals surface area contributed by atoms with Gasteiger partial charge in [0.15, 0.2) is 0 Å². The minimum absolute atomic E-state index is 0.361. The summed E-state index contributed by atoms with van der Waals surface area (Å²) >= 11 is 0. The van der Waals surface area contributed by atoms with Gasteiger partial charge in [-0.3, -0.25) is 10.1 Å². The van der Waals surface area contributed by atoms with Crippen LogP contribution >= 0.6 is 0 Å². The van der Waals surface area contributed by atoms with Gasteiger partial charge in [-0.05, 0) is 20.8 Å². The minimum atomic E-state index is -1.37. The summed E-state index contributed by atoms with van der Waals surface area (Å²) in [6.45, 7) is 5.11. The van der Waals surface area contributed by atoms with Gasteiger partial charge in [0.05, 0.1) is 0 Å². The van der Waals surface area contributed by atoms with Gasteiger partial charge >= 0.3 is 6.09 Å². The van der Waals surface area contributed by atoms with Crippen molar-refractivity contribution >= 4 is 12.0 Å². The molecule has 0 radical (unpaired) electrons. The molecule has 0 aromatic heterocycles. The highest BCUT2D eigenvalue weighted by atomic mass is 16.5. The molecule has 0 atom stereocenters. The number of carboxylic acid groups (broad SMARTS) is 1. The van der Waals surface area contributed by atoms with Crippen LogP contribution in [0, 0.1) is 0 Å². The van der Waals surface area contributed by atoms with E-state index in [1.54, 1.807) is 12.2 Å². The third-order valence-corrected chi connectivity index (χ3v) is 1.27. The predicted molar refractivity (Wildman–Crippen MR) is 41.9 cm³/mol. The molecular formula is C7H13NO4. The Morgan fingerprint density at radius 1 is 1.50 bits per heavy atom. The van der Waals surface area contributed by atoms with Gasteiger partial charge in [-0.15, -0.1) is 0 Å². The SMILES string of the molecule is CCOC(C)(C)C(=O)NC(=O)O. The molecule has 2 amide bonds. The number of ether oxygens (including phenoxy) is 1. The molecule has 0 rings (SSSR count). The molecule has 5 nitrogen and oxygen atoms in total. The molecule has 0 aromatic carbocycles. The molecule has 0 saturated carbocycles.